The predicted molar refractivity (Wildman–Crippen MR) is 122 cm³/mol. The Balaban J connectivity index is 1.92. The number of rotatable bonds is 5. The lowest BCUT2D eigenvalue weighted by Crippen LogP contribution is -1.97. The van der Waals surface area contributed by atoms with E-state index >= 15 is 0 Å². The Labute approximate surface area is 183 Å². The molecule has 0 aliphatic rings. The highest BCUT2D eigenvalue weighted by Gasteiger charge is 2.21. The number of aromatic nitrogens is 4. The molecule has 6 heteroatoms. The van der Waals surface area contributed by atoms with Gasteiger partial charge in [-0.3, -0.25) is 9.67 Å². The summed E-state index contributed by atoms with van der Waals surface area (Å²) < 4.78 is 29.2. The SMILES string of the molecule is C=CCn1cc2c(-c3ccc(F)cc3)c(-c3ccncc3)c(-c3ccc(F)cc3)nc2n1. The van der Waals surface area contributed by atoms with E-state index in [0.717, 1.165) is 33.2 Å². The van der Waals surface area contributed by atoms with Crippen molar-refractivity contribution in [3.8, 4) is 33.5 Å². The Hall–Kier alpha value is -4.19. The Bertz CT molecular complexity index is 1410. The molecule has 0 radical (unpaired) electrons. The molecule has 0 saturated heterocycles. The van der Waals surface area contributed by atoms with Crippen LogP contribution in [0.2, 0.25) is 0 Å². The zero-order valence-corrected chi connectivity index (χ0v) is 17.0. The van der Waals surface area contributed by atoms with Crippen LogP contribution >= 0.6 is 0 Å². The summed E-state index contributed by atoms with van der Waals surface area (Å²) in [5.41, 5.74) is 5.39. The maximum absolute atomic E-state index is 13.7. The van der Waals surface area contributed by atoms with Crippen LogP contribution in [-0.2, 0) is 6.54 Å². The van der Waals surface area contributed by atoms with Crippen LogP contribution < -0.4 is 0 Å². The fourth-order valence-corrected chi connectivity index (χ4v) is 3.84. The Morgan fingerprint density at radius 1 is 0.781 bits per heavy atom. The summed E-state index contributed by atoms with van der Waals surface area (Å²) in [4.78, 5) is 9.02. The molecule has 0 saturated carbocycles. The number of pyridine rings is 2. The van der Waals surface area contributed by atoms with E-state index in [9.17, 15) is 8.78 Å². The van der Waals surface area contributed by atoms with E-state index in [4.69, 9.17) is 4.98 Å². The summed E-state index contributed by atoms with van der Waals surface area (Å²) in [5.74, 6) is -0.639. The predicted octanol–water partition coefficient (Wildman–Crippen LogP) is 6.29. The van der Waals surface area contributed by atoms with E-state index in [1.165, 1.54) is 24.3 Å². The lowest BCUT2D eigenvalue weighted by atomic mass is 9.90. The van der Waals surface area contributed by atoms with Crippen molar-refractivity contribution in [1.29, 1.82) is 0 Å². The van der Waals surface area contributed by atoms with Crippen molar-refractivity contribution in [2.24, 2.45) is 0 Å². The summed E-state index contributed by atoms with van der Waals surface area (Å²) in [5, 5.41) is 5.45. The molecule has 5 rings (SSSR count). The lowest BCUT2D eigenvalue weighted by Gasteiger charge is -2.16. The topological polar surface area (TPSA) is 43.6 Å². The average Bonchev–Trinajstić information content (AvgIpc) is 3.22. The Morgan fingerprint density at radius 2 is 1.38 bits per heavy atom. The van der Waals surface area contributed by atoms with Gasteiger partial charge in [-0.2, -0.15) is 5.10 Å². The number of hydrogen-bond donors (Lipinski definition) is 0. The fourth-order valence-electron chi connectivity index (χ4n) is 3.84. The van der Waals surface area contributed by atoms with E-state index in [1.807, 2.05) is 18.3 Å². The zero-order valence-electron chi connectivity index (χ0n) is 17.0. The van der Waals surface area contributed by atoms with Gasteiger partial charge in [-0.1, -0.05) is 18.2 Å². The summed E-state index contributed by atoms with van der Waals surface area (Å²) in [6, 6.07) is 16.4. The van der Waals surface area contributed by atoms with Crippen molar-refractivity contribution in [2.45, 2.75) is 6.54 Å². The minimum atomic E-state index is -0.325. The fraction of sp³-hybridized carbons (Fsp3) is 0.0385. The number of allylic oxidation sites excluding steroid dienone is 1. The molecule has 3 heterocycles. The van der Waals surface area contributed by atoms with E-state index in [1.54, 1.807) is 47.4 Å². The smallest absolute Gasteiger partial charge is 0.182 e. The largest absolute Gasteiger partial charge is 0.266 e. The molecule has 0 aliphatic heterocycles. The van der Waals surface area contributed by atoms with Gasteiger partial charge in [-0.05, 0) is 59.7 Å². The second-order valence-corrected chi connectivity index (χ2v) is 7.34. The molecule has 0 fully saturated rings. The molecule has 3 aromatic heterocycles. The standard InChI is InChI=1S/C26H18F2N4/c1-2-15-32-16-22-23(17-3-7-20(27)8-4-17)24(18-11-13-29-14-12-18)25(30-26(22)31-32)19-5-9-21(28)10-6-19/h2-14,16H,1,15H2. The van der Waals surface area contributed by atoms with Crippen LogP contribution in [0.1, 0.15) is 0 Å². The molecule has 0 spiro atoms. The van der Waals surface area contributed by atoms with E-state index in [2.05, 4.69) is 16.7 Å². The zero-order chi connectivity index (χ0) is 22.1. The van der Waals surface area contributed by atoms with Gasteiger partial charge in [0.15, 0.2) is 5.65 Å². The van der Waals surface area contributed by atoms with Crippen LogP contribution in [0.15, 0.2) is 91.9 Å². The molecule has 2 aromatic carbocycles. The highest BCUT2D eigenvalue weighted by Crippen LogP contribution is 2.42. The third-order valence-corrected chi connectivity index (χ3v) is 5.25. The van der Waals surface area contributed by atoms with Gasteiger partial charge in [0.25, 0.3) is 0 Å². The molecule has 0 unspecified atom stereocenters. The van der Waals surface area contributed by atoms with Crippen molar-refractivity contribution in [2.75, 3.05) is 0 Å². The van der Waals surface area contributed by atoms with Crippen LogP contribution in [0.5, 0.6) is 0 Å². The maximum Gasteiger partial charge on any atom is 0.182 e. The van der Waals surface area contributed by atoms with Gasteiger partial charge in [-0.15, -0.1) is 6.58 Å². The molecule has 0 bridgehead atoms. The van der Waals surface area contributed by atoms with Crippen LogP contribution in [0.25, 0.3) is 44.5 Å². The van der Waals surface area contributed by atoms with Crippen molar-refractivity contribution in [3.05, 3.63) is 104 Å². The average molecular weight is 424 g/mol. The Morgan fingerprint density at radius 3 is 2.00 bits per heavy atom. The molecule has 5 aromatic rings. The number of fused-ring (bicyclic) bond motifs is 1. The van der Waals surface area contributed by atoms with Crippen LogP contribution in [0.3, 0.4) is 0 Å². The summed E-state index contributed by atoms with van der Waals surface area (Å²) in [7, 11) is 0. The number of nitrogens with zero attached hydrogens (tertiary/aromatic N) is 4. The van der Waals surface area contributed by atoms with Crippen LogP contribution in [-0.4, -0.2) is 19.7 Å². The summed E-state index contributed by atoms with van der Waals surface area (Å²) >= 11 is 0. The minimum Gasteiger partial charge on any atom is -0.266 e. The molecule has 0 atom stereocenters. The van der Waals surface area contributed by atoms with Gasteiger partial charge in [0.05, 0.1) is 12.2 Å². The normalized spacial score (nSPS) is 11.1. The second kappa shape index (κ2) is 8.15. The monoisotopic (exact) mass is 424 g/mol. The quantitative estimate of drug-likeness (QED) is 0.311. The molecular weight excluding hydrogens is 406 g/mol. The number of halogens is 2. The van der Waals surface area contributed by atoms with Gasteiger partial charge in [0, 0.05) is 40.7 Å². The lowest BCUT2D eigenvalue weighted by molar-refractivity contribution is 0.627. The summed E-state index contributed by atoms with van der Waals surface area (Å²) in [6.45, 7) is 4.31. The Kier molecular flexibility index (Phi) is 5.03. The van der Waals surface area contributed by atoms with Crippen molar-refractivity contribution in [3.63, 3.8) is 0 Å². The van der Waals surface area contributed by atoms with E-state index in [-0.39, 0.29) is 11.6 Å². The van der Waals surface area contributed by atoms with Gasteiger partial charge in [0.1, 0.15) is 11.6 Å². The van der Waals surface area contributed by atoms with Crippen molar-refractivity contribution in [1.82, 2.24) is 19.7 Å². The highest BCUT2D eigenvalue weighted by atomic mass is 19.1. The molecule has 0 amide bonds. The van der Waals surface area contributed by atoms with E-state index in [0.29, 0.717) is 17.9 Å². The molecule has 32 heavy (non-hydrogen) atoms. The van der Waals surface area contributed by atoms with Gasteiger partial charge in [-0.25, -0.2) is 13.8 Å². The second-order valence-electron chi connectivity index (χ2n) is 7.34. The maximum atomic E-state index is 13.7. The minimum absolute atomic E-state index is 0.314. The van der Waals surface area contributed by atoms with Crippen molar-refractivity contribution >= 4 is 11.0 Å². The van der Waals surface area contributed by atoms with Gasteiger partial charge < -0.3 is 0 Å². The summed E-state index contributed by atoms with van der Waals surface area (Å²) in [6.07, 6.45) is 7.10. The first-order valence-corrected chi connectivity index (χ1v) is 10.1. The molecule has 156 valence electrons. The van der Waals surface area contributed by atoms with Crippen LogP contribution in [0.4, 0.5) is 8.78 Å². The molecule has 0 aliphatic carbocycles. The molecular formula is C26H18F2N4. The highest BCUT2D eigenvalue weighted by molar-refractivity contribution is 6.05. The first-order valence-electron chi connectivity index (χ1n) is 10.1. The van der Waals surface area contributed by atoms with Crippen LogP contribution in [0, 0.1) is 11.6 Å². The first-order chi connectivity index (χ1) is 15.6. The number of benzene rings is 2. The van der Waals surface area contributed by atoms with E-state index < -0.39 is 0 Å². The third kappa shape index (κ3) is 3.56. The van der Waals surface area contributed by atoms with Gasteiger partial charge >= 0.3 is 0 Å². The third-order valence-electron chi connectivity index (χ3n) is 5.25. The molecule has 4 nitrogen and oxygen atoms in total. The van der Waals surface area contributed by atoms with Gasteiger partial charge in [0.2, 0.25) is 0 Å². The first kappa shape index (κ1) is 19.8. The number of hydrogen-bond acceptors (Lipinski definition) is 3. The van der Waals surface area contributed by atoms with Crippen molar-refractivity contribution < 1.29 is 8.78 Å². The molecule has 0 N–H and O–H groups in total.